The molecule has 0 unspecified atom stereocenters. The van der Waals surface area contributed by atoms with E-state index in [1.807, 2.05) is 6.92 Å². The van der Waals surface area contributed by atoms with Gasteiger partial charge in [0.2, 0.25) is 0 Å². The van der Waals surface area contributed by atoms with Gasteiger partial charge in [0.15, 0.2) is 5.78 Å². The number of hydrogen-bond donors (Lipinski definition) is 1. The minimum Gasteiger partial charge on any atom is -0.297 e. The number of carbonyl (C=O) groups excluding carboxylic acids is 1. The van der Waals surface area contributed by atoms with E-state index in [1.165, 1.54) is 6.92 Å². The van der Waals surface area contributed by atoms with Crippen molar-refractivity contribution >= 4 is 5.78 Å². The van der Waals surface area contributed by atoms with Crippen molar-refractivity contribution in [1.82, 2.24) is 5.48 Å². The van der Waals surface area contributed by atoms with Gasteiger partial charge in [-0.2, -0.15) is 0 Å². The molecule has 0 atom stereocenters. The first-order valence-electron chi connectivity index (χ1n) is 2.75. The first kappa shape index (κ1) is 8.17. The molecule has 0 spiro atoms. The highest BCUT2D eigenvalue weighted by Gasteiger charge is 1.87. The van der Waals surface area contributed by atoms with Crippen molar-refractivity contribution in [3.05, 3.63) is 12.3 Å². The van der Waals surface area contributed by atoms with Gasteiger partial charge in [-0.1, -0.05) is 6.08 Å². The minimum atomic E-state index is 0.00648. The van der Waals surface area contributed by atoms with Gasteiger partial charge in [-0.05, 0) is 13.8 Å². The Morgan fingerprint density at radius 1 is 1.78 bits per heavy atom. The Morgan fingerprint density at radius 3 is 2.89 bits per heavy atom. The van der Waals surface area contributed by atoms with Crippen LogP contribution in [-0.4, -0.2) is 12.4 Å². The van der Waals surface area contributed by atoms with Crippen molar-refractivity contribution in [2.75, 3.05) is 6.61 Å². The lowest BCUT2D eigenvalue weighted by atomic mass is 10.5. The first-order chi connectivity index (χ1) is 4.27. The van der Waals surface area contributed by atoms with E-state index < -0.39 is 0 Å². The van der Waals surface area contributed by atoms with Gasteiger partial charge in [0, 0.05) is 6.20 Å². The van der Waals surface area contributed by atoms with Crippen LogP contribution in [0.15, 0.2) is 12.3 Å². The normalized spacial score (nSPS) is 10.0. The van der Waals surface area contributed by atoms with Gasteiger partial charge in [-0.15, -0.1) is 0 Å². The summed E-state index contributed by atoms with van der Waals surface area (Å²) in [6.45, 7) is 3.44. The Morgan fingerprint density at radius 2 is 2.44 bits per heavy atom. The topological polar surface area (TPSA) is 38.3 Å². The van der Waals surface area contributed by atoms with Crippen LogP contribution in [0.3, 0.4) is 0 Å². The molecule has 9 heavy (non-hydrogen) atoms. The first-order valence-corrected chi connectivity index (χ1v) is 2.75. The molecule has 0 aromatic carbocycles. The van der Waals surface area contributed by atoms with E-state index in [4.69, 9.17) is 0 Å². The molecule has 0 rings (SSSR count). The molecule has 0 aliphatic heterocycles. The molecule has 0 bridgehead atoms. The molecule has 0 heterocycles. The Balaban J connectivity index is 3.01. The summed E-state index contributed by atoms with van der Waals surface area (Å²) in [5.74, 6) is 0.00648. The summed E-state index contributed by atoms with van der Waals surface area (Å²) in [7, 11) is 0. The maximum atomic E-state index is 10.2. The second-order valence-corrected chi connectivity index (χ2v) is 1.61. The lowest BCUT2D eigenvalue weighted by molar-refractivity contribution is -0.123. The molecule has 0 aliphatic rings. The van der Waals surface area contributed by atoms with Crippen LogP contribution in [0.1, 0.15) is 13.8 Å². The summed E-state index contributed by atoms with van der Waals surface area (Å²) in [5.41, 5.74) is 2.46. The van der Waals surface area contributed by atoms with Crippen molar-refractivity contribution in [2.24, 2.45) is 0 Å². The number of hydroxylamine groups is 1. The highest BCUT2D eigenvalue weighted by atomic mass is 16.6. The molecule has 1 N–H and O–H groups in total. The number of Topliss-reactive ketones (excluding diaryl/α,β-unsaturated/α-hetero) is 1. The van der Waals surface area contributed by atoms with Gasteiger partial charge in [-0.25, -0.2) is 0 Å². The molecule has 0 amide bonds. The second-order valence-electron chi connectivity index (χ2n) is 1.61. The van der Waals surface area contributed by atoms with Crippen LogP contribution in [-0.2, 0) is 9.63 Å². The van der Waals surface area contributed by atoms with Gasteiger partial charge in [0.1, 0.15) is 6.61 Å². The van der Waals surface area contributed by atoms with Crippen molar-refractivity contribution in [3.8, 4) is 0 Å². The molecule has 0 aliphatic carbocycles. The highest BCUT2D eigenvalue weighted by molar-refractivity contribution is 5.76. The number of allylic oxidation sites excluding steroid dienone is 1. The third-order valence-electron chi connectivity index (χ3n) is 0.593. The van der Waals surface area contributed by atoms with Gasteiger partial charge in [0.05, 0.1) is 0 Å². The highest BCUT2D eigenvalue weighted by Crippen LogP contribution is 1.70. The van der Waals surface area contributed by atoms with E-state index in [1.54, 1.807) is 12.3 Å². The van der Waals surface area contributed by atoms with E-state index in [-0.39, 0.29) is 12.4 Å². The van der Waals surface area contributed by atoms with Crippen molar-refractivity contribution in [2.45, 2.75) is 13.8 Å². The smallest absolute Gasteiger partial charge is 0.158 e. The number of nitrogens with one attached hydrogen (secondary N) is 1. The Bertz CT molecular complexity index is 110. The maximum Gasteiger partial charge on any atom is 0.158 e. The van der Waals surface area contributed by atoms with E-state index in [0.29, 0.717) is 0 Å². The van der Waals surface area contributed by atoms with E-state index in [2.05, 4.69) is 10.3 Å². The number of carbonyl (C=O) groups is 1. The Labute approximate surface area is 54.7 Å². The van der Waals surface area contributed by atoms with Crippen LogP contribution in [0.25, 0.3) is 0 Å². The predicted molar refractivity (Wildman–Crippen MR) is 34.6 cm³/mol. The van der Waals surface area contributed by atoms with Gasteiger partial charge < -0.3 is 0 Å². The fraction of sp³-hybridized carbons (Fsp3) is 0.500. The third kappa shape index (κ3) is 7.17. The Kier molecular flexibility index (Phi) is 4.82. The molecule has 3 heteroatoms. The average Bonchev–Trinajstić information content (AvgIpc) is 1.80. The number of ketones is 1. The fourth-order valence-electron chi connectivity index (χ4n) is 0.259. The zero-order valence-corrected chi connectivity index (χ0v) is 5.68. The number of rotatable bonds is 4. The van der Waals surface area contributed by atoms with Crippen LogP contribution in [0, 0.1) is 0 Å². The number of hydrogen-bond acceptors (Lipinski definition) is 3. The molecule has 52 valence electrons. The molecule has 3 nitrogen and oxygen atoms in total. The van der Waals surface area contributed by atoms with Crippen molar-refractivity contribution in [3.63, 3.8) is 0 Å². The molecule has 0 saturated carbocycles. The summed E-state index contributed by atoms with van der Waals surface area (Å²) >= 11 is 0. The molecule has 0 radical (unpaired) electrons. The monoisotopic (exact) mass is 129 g/mol. The standard InChI is InChI=1S/C6H11NO2/c1-3-4-7-9-5-6(2)8/h3-4,7H,5H2,1-2H3/b4-3+. The molecular formula is C6H11NO2. The molecule has 0 saturated heterocycles. The van der Waals surface area contributed by atoms with Gasteiger partial charge in [0.25, 0.3) is 0 Å². The summed E-state index contributed by atoms with van der Waals surface area (Å²) < 4.78 is 0. The van der Waals surface area contributed by atoms with Crippen LogP contribution in [0.2, 0.25) is 0 Å². The quantitative estimate of drug-likeness (QED) is 0.447. The third-order valence-corrected chi connectivity index (χ3v) is 0.593. The SMILES string of the molecule is C/C=C/NOCC(C)=O. The zero-order valence-electron chi connectivity index (χ0n) is 5.68. The van der Waals surface area contributed by atoms with Crippen molar-refractivity contribution < 1.29 is 9.63 Å². The summed E-state index contributed by atoms with van der Waals surface area (Å²) in [4.78, 5) is 14.9. The summed E-state index contributed by atoms with van der Waals surface area (Å²) in [5, 5.41) is 0. The van der Waals surface area contributed by atoms with Crippen LogP contribution in [0.4, 0.5) is 0 Å². The average molecular weight is 129 g/mol. The summed E-state index contributed by atoms with van der Waals surface area (Å²) in [6, 6.07) is 0. The maximum absolute atomic E-state index is 10.2. The van der Waals surface area contributed by atoms with Crippen molar-refractivity contribution in [1.29, 1.82) is 0 Å². The van der Waals surface area contributed by atoms with Gasteiger partial charge >= 0.3 is 0 Å². The second kappa shape index (κ2) is 5.31. The molecule has 0 aromatic heterocycles. The van der Waals surface area contributed by atoms with E-state index in [0.717, 1.165) is 0 Å². The fourth-order valence-corrected chi connectivity index (χ4v) is 0.259. The molecular weight excluding hydrogens is 118 g/mol. The zero-order chi connectivity index (χ0) is 7.11. The largest absolute Gasteiger partial charge is 0.297 e. The van der Waals surface area contributed by atoms with Gasteiger partial charge in [-0.3, -0.25) is 15.1 Å². The van der Waals surface area contributed by atoms with Crippen LogP contribution >= 0.6 is 0 Å². The predicted octanol–water partition coefficient (Wildman–Crippen LogP) is 0.630. The van der Waals surface area contributed by atoms with E-state index >= 15 is 0 Å². The molecule has 0 aromatic rings. The van der Waals surface area contributed by atoms with Crippen LogP contribution in [0.5, 0.6) is 0 Å². The molecule has 0 fully saturated rings. The van der Waals surface area contributed by atoms with E-state index in [9.17, 15) is 4.79 Å². The lowest BCUT2D eigenvalue weighted by Crippen LogP contribution is -2.12. The summed E-state index contributed by atoms with van der Waals surface area (Å²) in [6.07, 6.45) is 3.39. The lowest BCUT2D eigenvalue weighted by Gasteiger charge is -1.96. The minimum absolute atomic E-state index is 0.00648. The van der Waals surface area contributed by atoms with Crippen LogP contribution < -0.4 is 5.48 Å². The Hall–Kier alpha value is -0.830.